The molecule has 2 aromatic rings. The second kappa shape index (κ2) is 8.55. The van der Waals surface area contributed by atoms with E-state index in [-0.39, 0.29) is 12.5 Å². The van der Waals surface area contributed by atoms with E-state index in [0.717, 1.165) is 23.4 Å². The Morgan fingerprint density at radius 3 is 2.87 bits per heavy atom. The van der Waals surface area contributed by atoms with Crippen molar-refractivity contribution in [2.45, 2.75) is 39.5 Å². The molecule has 0 spiro atoms. The van der Waals surface area contributed by atoms with Crippen LogP contribution in [0.5, 0.6) is 5.75 Å². The van der Waals surface area contributed by atoms with E-state index in [4.69, 9.17) is 26.3 Å². The number of rotatable bonds is 7. The average Bonchev–Trinajstić information content (AvgIpc) is 3.34. The summed E-state index contributed by atoms with van der Waals surface area (Å²) < 4.78 is 5.69. The lowest BCUT2D eigenvalue weighted by molar-refractivity contribution is -0.137. The van der Waals surface area contributed by atoms with Crippen LogP contribution in [0.3, 0.4) is 0 Å². The lowest BCUT2D eigenvalue weighted by Gasteiger charge is -2.18. The van der Waals surface area contributed by atoms with Gasteiger partial charge in [-0.05, 0) is 49.2 Å². The number of benzene rings is 2. The highest BCUT2D eigenvalue weighted by atomic mass is 35.5. The zero-order chi connectivity index (χ0) is 21.3. The van der Waals surface area contributed by atoms with Crippen molar-refractivity contribution in [2.24, 2.45) is 0 Å². The Bertz CT molecular complexity index is 992. The van der Waals surface area contributed by atoms with Gasteiger partial charge in [0.05, 0.1) is 29.4 Å². The van der Waals surface area contributed by atoms with Crippen LogP contribution in [0.1, 0.15) is 37.0 Å². The Hall–Kier alpha value is -2.74. The lowest BCUT2D eigenvalue weighted by Crippen LogP contribution is -2.28. The van der Waals surface area contributed by atoms with Gasteiger partial charge in [-0.1, -0.05) is 29.3 Å². The van der Waals surface area contributed by atoms with Crippen molar-refractivity contribution in [3.63, 3.8) is 0 Å². The van der Waals surface area contributed by atoms with Crippen LogP contribution in [-0.2, 0) is 22.7 Å². The van der Waals surface area contributed by atoms with Crippen molar-refractivity contribution >= 4 is 29.0 Å². The molecule has 0 amide bonds. The number of hydrogen-bond acceptors (Lipinski definition) is 6. The quantitative estimate of drug-likeness (QED) is 0.684. The topological polar surface area (TPSA) is 74.3 Å². The highest BCUT2D eigenvalue weighted by Gasteiger charge is 2.26. The fraction of sp³-hybridized carbons (Fsp3) is 0.318. The number of carboxylic acid groups (broad SMARTS) is 1. The molecule has 0 bridgehead atoms. The zero-order valence-electron chi connectivity index (χ0n) is 16.9. The molecule has 2 aliphatic rings. The van der Waals surface area contributed by atoms with Crippen LogP contribution in [0, 0.1) is 0 Å². The van der Waals surface area contributed by atoms with Crippen molar-refractivity contribution in [2.75, 3.05) is 11.6 Å². The number of nitrogens with zero attached hydrogens (tertiary/aromatic N) is 2. The molecule has 0 radical (unpaired) electrons. The third-order valence-electron chi connectivity index (χ3n) is 5.00. The maximum Gasteiger partial charge on any atom is 0.304 e. The second-order valence-electron chi connectivity index (χ2n) is 7.64. The van der Waals surface area contributed by atoms with Gasteiger partial charge in [-0.3, -0.25) is 9.69 Å². The second-order valence-corrected chi connectivity index (χ2v) is 8.04. The van der Waals surface area contributed by atoms with Crippen LogP contribution in [0.2, 0.25) is 5.02 Å². The Labute approximate surface area is 180 Å². The van der Waals surface area contributed by atoms with Crippen LogP contribution < -0.4 is 15.3 Å². The van der Waals surface area contributed by atoms with E-state index in [1.165, 1.54) is 5.56 Å². The van der Waals surface area contributed by atoms with Gasteiger partial charge in [-0.2, -0.15) is 0 Å². The van der Waals surface area contributed by atoms with E-state index in [1.807, 2.05) is 55.4 Å². The maximum absolute atomic E-state index is 10.9. The molecule has 4 rings (SSSR count). The summed E-state index contributed by atoms with van der Waals surface area (Å²) in [4.78, 5) is 18.7. The van der Waals surface area contributed by atoms with E-state index in [0.29, 0.717) is 29.6 Å². The normalized spacial score (nSPS) is 15.9. The minimum Gasteiger partial charge on any atom is -0.489 e. The van der Waals surface area contributed by atoms with Gasteiger partial charge in [-0.25, -0.2) is 5.01 Å². The number of carboxylic acids is 1. The number of fused-ring (bicyclic) bond motifs is 1. The summed E-state index contributed by atoms with van der Waals surface area (Å²) in [6.07, 6.45) is 2.06. The van der Waals surface area contributed by atoms with Gasteiger partial charge >= 0.3 is 5.97 Å². The predicted octanol–water partition coefficient (Wildman–Crippen LogP) is 4.17. The number of carbonyl (C=O) groups is 1. The van der Waals surface area contributed by atoms with Crippen molar-refractivity contribution in [3.05, 3.63) is 64.3 Å². The Kier molecular flexibility index (Phi) is 5.85. The van der Waals surface area contributed by atoms with E-state index >= 15 is 0 Å². The van der Waals surface area contributed by atoms with E-state index in [1.54, 1.807) is 0 Å². The van der Waals surface area contributed by atoms with Crippen LogP contribution in [-0.4, -0.2) is 28.6 Å². The van der Waals surface area contributed by atoms with Crippen LogP contribution >= 0.6 is 11.6 Å². The SMILES string of the molecule is CC(C)Oc1ccc(C2=CN(c3cccc4c3CN(CCC(=O)O)C4)NO2)cc1Cl. The van der Waals surface area contributed by atoms with Gasteiger partial charge in [0.25, 0.3) is 0 Å². The molecule has 0 aromatic heterocycles. The number of hydrazine groups is 1. The maximum atomic E-state index is 10.9. The first kappa shape index (κ1) is 20.5. The number of ether oxygens (including phenoxy) is 1. The van der Waals surface area contributed by atoms with Crippen LogP contribution in [0.25, 0.3) is 5.76 Å². The molecule has 158 valence electrons. The van der Waals surface area contributed by atoms with Crippen LogP contribution in [0.4, 0.5) is 5.69 Å². The van der Waals surface area contributed by atoms with Crippen molar-refractivity contribution in [1.29, 1.82) is 0 Å². The molecule has 7 nitrogen and oxygen atoms in total. The molecule has 0 fully saturated rings. The van der Waals surface area contributed by atoms with Crippen molar-refractivity contribution in [1.82, 2.24) is 10.5 Å². The summed E-state index contributed by atoms with van der Waals surface area (Å²) in [6.45, 7) is 5.88. The third kappa shape index (κ3) is 4.38. The van der Waals surface area contributed by atoms with Gasteiger partial charge in [0.1, 0.15) is 5.75 Å². The first-order chi connectivity index (χ1) is 14.4. The van der Waals surface area contributed by atoms with Gasteiger partial charge in [-0.15, -0.1) is 0 Å². The number of hydrogen-bond donors (Lipinski definition) is 2. The number of nitrogens with one attached hydrogen (secondary N) is 1. The van der Waals surface area contributed by atoms with E-state index in [2.05, 4.69) is 16.6 Å². The molecule has 8 heteroatoms. The molecule has 0 atom stereocenters. The minimum atomic E-state index is -0.781. The molecule has 0 saturated heterocycles. The highest BCUT2D eigenvalue weighted by molar-refractivity contribution is 6.32. The first-order valence-electron chi connectivity index (χ1n) is 9.85. The molecule has 0 unspecified atom stereocenters. The third-order valence-corrected chi connectivity index (χ3v) is 5.30. The zero-order valence-corrected chi connectivity index (χ0v) is 17.6. The Morgan fingerprint density at radius 2 is 2.13 bits per heavy atom. The Balaban J connectivity index is 1.52. The standard InChI is InChI=1S/C22H24ClN3O4/c1-14(2)29-20-7-6-15(10-18(20)23)21-13-26(24-30-21)19-5-3-4-16-11-25(12-17(16)19)9-8-22(27)28/h3-7,10,13-14,24H,8-9,11-12H2,1-2H3,(H,27,28). The number of aliphatic carboxylic acids is 1. The van der Waals surface area contributed by atoms with Crippen LogP contribution in [0.15, 0.2) is 42.6 Å². The lowest BCUT2D eigenvalue weighted by atomic mass is 10.1. The van der Waals surface area contributed by atoms with Crippen molar-refractivity contribution < 1.29 is 19.5 Å². The molecule has 2 aromatic carbocycles. The summed E-state index contributed by atoms with van der Waals surface area (Å²) >= 11 is 6.36. The molecule has 2 N–H and O–H groups in total. The molecule has 2 heterocycles. The smallest absolute Gasteiger partial charge is 0.304 e. The molecular weight excluding hydrogens is 406 g/mol. The monoisotopic (exact) mass is 429 g/mol. The molecule has 30 heavy (non-hydrogen) atoms. The predicted molar refractivity (Wildman–Crippen MR) is 115 cm³/mol. The summed E-state index contributed by atoms with van der Waals surface area (Å²) in [5, 5.41) is 11.3. The summed E-state index contributed by atoms with van der Waals surface area (Å²) in [5.74, 6) is 0.504. The van der Waals surface area contributed by atoms with E-state index in [9.17, 15) is 4.79 Å². The van der Waals surface area contributed by atoms with Gasteiger partial charge in [0.15, 0.2) is 5.76 Å². The largest absolute Gasteiger partial charge is 0.489 e. The number of halogens is 1. The summed E-state index contributed by atoms with van der Waals surface area (Å²) in [6, 6.07) is 11.7. The summed E-state index contributed by atoms with van der Waals surface area (Å²) in [5.41, 5.74) is 7.11. The first-order valence-corrected chi connectivity index (χ1v) is 10.2. The minimum absolute atomic E-state index is 0.0442. The van der Waals surface area contributed by atoms with Gasteiger partial charge < -0.3 is 14.7 Å². The average molecular weight is 430 g/mol. The van der Waals surface area contributed by atoms with E-state index < -0.39 is 5.97 Å². The molecule has 0 saturated carbocycles. The van der Waals surface area contributed by atoms with Crippen molar-refractivity contribution in [3.8, 4) is 5.75 Å². The molecule has 2 aliphatic heterocycles. The molecular formula is C22H24ClN3O4. The molecule has 0 aliphatic carbocycles. The fourth-order valence-electron chi connectivity index (χ4n) is 3.63. The fourth-order valence-corrected chi connectivity index (χ4v) is 3.86. The highest BCUT2D eigenvalue weighted by Crippen LogP contribution is 2.35. The number of anilines is 1. The van der Waals surface area contributed by atoms with Gasteiger partial charge in [0.2, 0.25) is 0 Å². The Morgan fingerprint density at radius 1 is 1.30 bits per heavy atom. The van der Waals surface area contributed by atoms with Gasteiger partial charge in [0, 0.05) is 25.2 Å². The summed E-state index contributed by atoms with van der Waals surface area (Å²) in [7, 11) is 0.